The zero-order chi connectivity index (χ0) is 19.8. The Labute approximate surface area is 171 Å². The van der Waals surface area contributed by atoms with Crippen LogP contribution in [0.15, 0.2) is 96.0 Å². The lowest BCUT2D eigenvalue weighted by Crippen LogP contribution is -2.37. The van der Waals surface area contributed by atoms with Gasteiger partial charge in [0.15, 0.2) is 0 Å². The van der Waals surface area contributed by atoms with Crippen molar-refractivity contribution in [1.29, 1.82) is 0 Å². The second-order valence-electron chi connectivity index (χ2n) is 7.25. The summed E-state index contributed by atoms with van der Waals surface area (Å²) in [6, 6.07) is 25.5. The monoisotopic (exact) mass is 377 g/mol. The first-order valence-corrected chi connectivity index (χ1v) is 10.0. The molecule has 0 saturated heterocycles. The van der Waals surface area contributed by atoms with E-state index in [4.69, 9.17) is 4.99 Å². The molecule has 2 aliphatic rings. The molecule has 1 atom stereocenters. The molecule has 3 heteroatoms. The molecule has 3 aromatic rings. The maximum Gasteiger partial charge on any atom is 0.143 e. The fourth-order valence-corrected chi connectivity index (χ4v) is 4.15. The first kappa shape index (κ1) is 17.5. The second-order valence-corrected chi connectivity index (χ2v) is 7.25. The summed E-state index contributed by atoms with van der Waals surface area (Å²) in [5.41, 5.74) is 8.08. The fraction of sp³-hybridized carbons (Fsp3) is 0.115. The molecular weight excluding hydrogens is 354 g/mol. The molecule has 0 saturated carbocycles. The number of hydrogen-bond donors (Lipinski definition) is 1. The van der Waals surface area contributed by atoms with Gasteiger partial charge in [0.1, 0.15) is 12.0 Å². The van der Waals surface area contributed by atoms with Crippen LogP contribution in [0.1, 0.15) is 36.7 Å². The molecule has 142 valence electrons. The Morgan fingerprint density at radius 2 is 1.69 bits per heavy atom. The Morgan fingerprint density at radius 3 is 2.48 bits per heavy atom. The number of allylic oxidation sites excluding steroid dienone is 4. The van der Waals surface area contributed by atoms with Crippen LogP contribution in [0.4, 0.5) is 17.1 Å². The SMILES string of the molecule is C/C=C\C(=C/C)c1ccc(C2=Nc3ccccc3C3Nc4ccccc4N23)cc1. The minimum atomic E-state index is 0.0601. The van der Waals surface area contributed by atoms with Gasteiger partial charge in [-0.1, -0.05) is 72.8 Å². The highest BCUT2D eigenvalue weighted by molar-refractivity contribution is 6.15. The van der Waals surface area contributed by atoms with Gasteiger partial charge in [-0.15, -0.1) is 0 Å². The van der Waals surface area contributed by atoms with Crippen molar-refractivity contribution in [2.45, 2.75) is 20.0 Å². The Balaban J connectivity index is 1.63. The van der Waals surface area contributed by atoms with Gasteiger partial charge in [0, 0.05) is 11.1 Å². The summed E-state index contributed by atoms with van der Waals surface area (Å²) in [7, 11) is 0. The fourth-order valence-electron chi connectivity index (χ4n) is 4.15. The van der Waals surface area contributed by atoms with Crippen molar-refractivity contribution >= 4 is 28.5 Å². The first-order chi connectivity index (χ1) is 14.3. The van der Waals surface area contributed by atoms with Crippen LogP contribution in [-0.4, -0.2) is 5.84 Å². The topological polar surface area (TPSA) is 27.6 Å². The molecule has 0 bridgehead atoms. The van der Waals surface area contributed by atoms with E-state index in [1.54, 1.807) is 0 Å². The minimum Gasteiger partial charge on any atom is -0.359 e. The van der Waals surface area contributed by atoms with Crippen LogP contribution in [0, 0.1) is 0 Å². The molecule has 0 aromatic heterocycles. The van der Waals surface area contributed by atoms with Gasteiger partial charge in [0.2, 0.25) is 0 Å². The van der Waals surface area contributed by atoms with E-state index in [1.807, 2.05) is 6.92 Å². The van der Waals surface area contributed by atoms with Crippen LogP contribution in [0.2, 0.25) is 0 Å². The summed E-state index contributed by atoms with van der Waals surface area (Å²) in [4.78, 5) is 7.38. The van der Waals surface area contributed by atoms with E-state index in [9.17, 15) is 0 Å². The number of amidine groups is 1. The maximum absolute atomic E-state index is 5.06. The van der Waals surface area contributed by atoms with Gasteiger partial charge >= 0.3 is 0 Å². The Hall–Kier alpha value is -3.59. The number of benzene rings is 3. The van der Waals surface area contributed by atoms with Gasteiger partial charge in [-0.25, -0.2) is 4.99 Å². The standard InChI is InChI=1S/C26H23N3/c1-3-9-18(4-2)19-14-16-20(17-15-19)25-27-22-11-6-5-10-21(22)26-28-23-12-7-8-13-24(23)29(25)26/h3-17,26,28H,1-2H3/b9-3-,18-4+. The van der Waals surface area contributed by atoms with E-state index in [1.165, 1.54) is 16.7 Å². The van der Waals surface area contributed by atoms with E-state index in [-0.39, 0.29) is 6.17 Å². The molecule has 0 radical (unpaired) electrons. The third-order valence-corrected chi connectivity index (χ3v) is 5.53. The van der Waals surface area contributed by atoms with Crippen molar-refractivity contribution < 1.29 is 0 Å². The van der Waals surface area contributed by atoms with Gasteiger partial charge in [-0.2, -0.15) is 0 Å². The van der Waals surface area contributed by atoms with E-state index in [2.05, 4.69) is 108 Å². The molecule has 0 amide bonds. The third-order valence-electron chi connectivity index (χ3n) is 5.53. The largest absolute Gasteiger partial charge is 0.359 e. The number of rotatable bonds is 3. The normalized spacial score (nSPS) is 17.4. The molecule has 3 nitrogen and oxygen atoms in total. The van der Waals surface area contributed by atoms with E-state index in [0.29, 0.717) is 0 Å². The van der Waals surface area contributed by atoms with Crippen molar-refractivity contribution in [3.63, 3.8) is 0 Å². The number of hydrogen-bond acceptors (Lipinski definition) is 3. The summed E-state index contributed by atoms with van der Waals surface area (Å²) in [5.74, 6) is 0.978. The van der Waals surface area contributed by atoms with E-state index in [0.717, 1.165) is 28.5 Å². The molecule has 29 heavy (non-hydrogen) atoms. The zero-order valence-corrected chi connectivity index (χ0v) is 16.6. The van der Waals surface area contributed by atoms with Gasteiger partial charge in [-0.3, -0.25) is 4.90 Å². The lowest BCUT2D eigenvalue weighted by Gasteiger charge is -2.33. The van der Waals surface area contributed by atoms with Crippen LogP contribution in [-0.2, 0) is 0 Å². The first-order valence-electron chi connectivity index (χ1n) is 10.0. The van der Waals surface area contributed by atoms with Gasteiger partial charge in [0.05, 0.1) is 17.1 Å². The van der Waals surface area contributed by atoms with Crippen LogP contribution >= 0.6 is 0 Å². The number of fused-ring (bicyclic) bond motifs is 5. The Kier molecular flexibility index (Phi) is 4.28. The summed E-state index contributed by atoms with van der Waals surface area (Å²) in [5, 5.41) is 3.67. The molecule has 0 fully saturated rings. The summed E-state index contributed by atoms with van der Waals surface area (Å²) < 4.78 is 0. The van der Waals surface area contributed by atoms with E-state index >= 15 is 0 Å². The molecule has 2 heterocycles. The predicted octanol–water partition coefficient (Wildman–Crippen LogP) is 6.69. The average Bonchev–Trinajstić information content (AvgIpc) is 3.17. The highest BCUT2D eigenvalue weighted by Crippen LogP contribution is 2.47. The van der Waals surface area contributed by atoms with Gasteiger partial charge in [0.25, 0.3) is 0 Å². The van der Waals surface area contributed by atoms with Gasteiger partial charge < -0.3 is 5.32 Å². The average molecular weight is 377 g/mol. The number of aliphatic imine (C=N–C) groups is 1. The van der Waals surface area contributed by atoms with Crippen molar-refractivity contribution in [1.82, 2.24) is 0 Å². The Bertz CT molecular complexity index is 1150. The van der Waals surface area contributed by atoms with Gasteiger partial charge in [-0.05, 0) is 43.2 Å². The van der Waals surface area contributed by atoms with Crippen LogP contribution < -0.4 is 10.2 Å². The summed E-state index contributed by atoms with van der Waals surface area (Å²) in [6.07, 6.45) is 6.41. The quantitative estimate of drug-likeness (QED) is 0.515. The number of para-hydroxylation sites is 3. The third kappa shape index (κ3) is 2.87. The molecule has 1 N–H and O–H groups in total. The van der Waals surface area contributed by atoms with Crippen LogP contribution in [0.25, 0.3) is 5.57 Å². The number of nitrogens with one attached hydrogen (secondary N) is 1. The number of anilines is 2. The van der Waals surface area contributed by atoms with E-state index < -0.39 is 0 Å². The zero-order valence-electron chi connectivity index (χ0n) is 16.6. The molecule has 5 rings (SSSR count). The second kappa shape index (κ2) is 7.10. The van der Waals surface area contributed by atoms with Crippen molar-refractivity contribution in [2.75, 3.05) is 10.2 Å². The van der Waals surface area contributed by atoms with Crippen molar-refractivity contribution in [2.24, 2.45) is 4.99 Å². The summed E-state index contributed by atoms with van der Waals surface area (Å²) in [6.45, 7) is 4.12. The molecule has 2 aliphatic heterocycles. The molecular formula is C26H23N3. The molecule has 0 aliphatic carbocycles. The molecule has 1 unspecified atom stereocenters. The summed E-state index contributed by atoms with van der Waals surface area (Å²) >= 11 is 0. The minimum absolute atomic E-state index is 0.0601. The van der Waals surface area contributed by atoms with Crippen LogP contribution in [0.5, 0.6) is 0 Å². The van der Waals surface area contributed by atoms with Crippen molar-refractivity contribution in [3.05, 3.63) is 108 Å². The molecule has 3 aromatic carbocycles. The van der Waals surface area contributed by atoms with Crippen molar-refractivity contribution in [3.8, 4) is 0 Å². The Morgan fingerprint density at radius 1 is 0.931 bits per heavy atom. The highest BCUT2D eigenvalue weighted by atomic mass is 15.4. The highest BCUT2D eigenvalue weighted by Gasteiger charge is 2.37. The maximum atomic E-state index is 5.06. The molecule has 0 spiro atoms. The smallest absolute Gasteiger partial charge is 0.143 e. The lowest BCUT2D eigenvalue weighted by molar-refractivity contribution is 0.832. The number of nitrogens with zero attached hydrogens (tertiary/aromatic N) is 2. The predicted molar refractivity (Wildman–Crippen MR) is 123 cm³/mol. The lowest BCUT2D eigenvalue weighted by atomic mass is 10.0. The van der Waals surface area contributed by atoms with Crippen LogP contribution in [0.3, 0.4) is 0 Å².